The lowest BCUT2D eigenvalue weighted by Crippen LogP contribution is -1.95. The van der Waals surface area contributed by atoms with Crippen molar-refractivity contribution in [1.29, 1.82) is 0 Å². The molecule has 0 saturated heterocycles. The molecule has 0 spiro atoms. The Labute approximate surface area is 264 Å². The van der Waals surface area contributed by atoms with Crippen LogP contribution in [0.1, 0.15) is 0 Å². The number of nitrogens with zero attached hydrogens (tertiary/aromatic N) is 1. The zero-order valence-electron chi connectivity index (χ0n) is 24.8. The number of hydrogen-bond donors (Lipinski definition) is 0. The molecule has 11 rings (SSSR count). The van der Waals surface area contributed by atoms with Crippen LogP contribution in [0.3, 0.4) is 0 Å². The Bertz CT molecular complexity index is 2870. The van der Waals surface area contributed by atoms with Gasteiger partial charge in [0.1, 0.15) is 11.2 Å². The quantitative estimate of drug-likeness (QED) is 0.198. The van der Waals surface area contributed by atoms with Crippen LogP contribution in [-0.2, 0) is 0 Å². The minimum absolute atomic E-state index is 0.921. The van der Waals surface area contributed by atoms with Gasteiger partial charge in [0.2, 0.25) is 0 Å². The van der Waals surface area contributed by atoms with E-state index in [0.717, 1.165) is 27.6 Å². The van der Waals surface area contributed by atoms with E-state index in [0.29, 0.717) is 0 Å². The molecule has 0 unspecified atom stereocenters. The number of hydrogen-bond acceptors (Lipinski definition) is 1. The summed E-state index contributed by atoms with van der Waals surface area (Å²) in [5, 5.41) is 9.80. The molecule has 0 N–H and O–H groups in total. The summed E-state index contributed by atoms with van der Waals surface area (Å²) in [5.74, 6) is 0. The second kappa shape index (κ2) is 8.74. The van der Waals surface area contributed by atoms with E-state index >= 15 is 0 Å². The van der Waals surface area contributed by atoms with E-state index in [9.17, 15) is 0 Å². The smallest absolute Gasteiger partial charge is 0.146 e. The lowest BCUT2D eigenvalue weighted by molar-refractivity contribution is 0.673. The Morgan fingerprint density at radius 1 is 0.370 bits per heavy atom. The predicted octanol–water partition coefficient (Wildman–Crippen LogP) is 12.3. The molecule has 0 bridgehead atoms. The highest BCUT2D eigenvalue weighted by molar-refractivity contribution is 6.35. The van der Waals surface area contributed by atoms with Crippen molar-refractivity contribution in [3.63, 3.8) is 0 Å². The van der Waals surface area contributed by atoms with Crippen molar-refractivity contribution in [2.24, 2.45) is 0 Å². The van der Waals surface area contributed by atoms with Gasteiger partial charge in [-0.25, -0.2) is 0 Å². The first kappa shape index (κ1) is 24.2. The Balaban J connectivity index is 1.17. The molecule has 10 aromatic rings. The monoisotopic (exact) mass is 583 g/mol. The van der Waals surface area contributed by atoms with Crippen LogP contribution in [0.25, 0.3) is 104 Å². The van der Waals surface area contributed by atoms with E-state index in [1.165, 1.54) is 76.7 Å². The topological polar surface area (TPSA) is 18.1 Å². The predicted molar refractivity (Wildman–Crippen MR) is 193 cm³/mol. The van der Waals surface area contributed by atoms with Gasteiger partial charge in [-0.2, -0.15) is 0 Å². The molecule has 0 radical (unpaired) electrons. The molecule has 1 aliphatic rings. The van der Waals surface area contributed by atoms with E-state index in [2.05, 4.69) is 156 Å². The first-order chi connectivity index (χ1) is 22.8. The first-order valence-corrected chi connectivity index (χ1v) is 15.9. The van der Waals surface area contributed by atoms with E-state index in [4.69, 9.17) is 4.42 Å². The number of aromatic nitrogens is 1. The van der Waals surface area contributed by atoms with Crippen LogP contribution in [0.2, 0.25) is 0 Å². The Morgan fingerprint density at radius 2 is 0.978 bits per heavy atom. The van der Waals surface area contributed by atoms with Gasteiger partial charge in [-0.3, -0.25) is 0 Å². The van der Waals surface area contributed by atoms with Gasteiger partial charge in [-0.15, -0.1) is 0 Å². The third-order valence-corrected chi connectivity index (χ3v) is 10.1. The fourth-order valence-electron chi connectivity index (χ4n) is 8.24. The normalized spacial score (nSPS) is 12.3. The van der Waals surface area contributed by atoms with Crippen LogP contribution in [0.5, 0.6) is 0 Å². The van der Waals surface area contributed by atoms with Crippen LogP contribution in [0.15, 0.2) is 156 Å². The van der Waals surface area contributed by atoms with Gasteiger partial charge >= 0.3 is 0 Å². The molecule has 2 heteroatoms. The summed E-state index contributed by atoms with van der Waals surface area (Å²) in [6.45, 7) is 0. The Morgan fingerprint density at radius 3 is 1.80 bits per heavy atom. The second-order valence-corrected chi connectivity index (χ2v) is 12.4. The average molecular weight is 584 g/mol. The summed E-state index contributed by atoms with van der Waals surface area (Å²) >= 11 is 0. The molecule has 0 aliphatic heterocycles. The lowest BCUT2D eigenvalue weighted by Gasteiger charge is -2.13. The fraction of sp³-hybridized carbons (Fsp3) is 0. The van der Waals surface area contributed by atoms with Crippen molar-refractivity contribution in [3.8, 4) is 39.1 Å². The summed E-state index contributed by atoms with van der Waals surface area (Å²) in [4.78, 5) is 0. The molecule has 0 saturated carbocycles. The molecular formula is C44H25NO. The molecule has 1 aliphatic carbocycles. The number of rotatable bonds is 2. The third kappa shape index (κ3) is 3.01. The number of benzene rings is 8. The molecular weight excluding hydrogens is 558 g/mol. The molecule has 0 atom stereocenters. The maximum absolute atomic E-state index is 6.68. The van der Waals surface area contributed by atoms with E-state index in [1.54, 1.807) is 0 Å². The van der Waals surface area contributed by atoms with Crippen LogP contribution in [0.4, 0.5) is 0 Å². The van der Waals surface area contributed by atoms with Crippen LogP contribution in [-0.4, -0.2) is 4.57 Å². The summed E-state index contributed by atoms with van der Waals surface area (Å²) < 4.78 is 9.11. The number of fused-ring (bicyclic) bond motifs is 13. The molecule has 46 heavy (non-hydrogen) atoms. The SMILES string of the molecule is c1ccc2c(c1)-c1cccc3c(-c4ccc(-n5c6ccccc6c6c7oc8ccccc8c7c7ccccc7c65)cc4)ccc-2c13. The average Bonchev–Trinajstić information content (AvgIpc) is 3.78. The van der Waals surface area contributed by atoms with Crippen molar-refractivity contribution in [3.05, 3.63) is 152 Å². The van der Waals surface area contributed by atoms with Crippen molar-refractivity contribution < 1.29 is 4.42 Å². The van der Waals surface area contributed by atoms with Crippen LogP contribution in [0, 0.1) is 0 Å². The number of furan rings is 1. The summed E-state index contributed by atoms with van der Waals surface area (Å²) in [6.07, 6.45) is 0. The Kier molecular flexibility index (Phi) is 4.61. The maximum atomic E-state index is 6.68. The van der Waals surface area contributed by atoms with Gasteiger partial charge in [0, 0.05) is 27.2 Å². The van der Waals surface area contributed by atoms with Gasteiger partial charge in [0.05, 0.1) is 16.4 Å². The minimum Gasteiger partial charge on any atom is -0.455 e. The standard InChI is InChI=1S/C44H25NO/c1-2-11-30-29(10-1)32-17-9-16-31-28(24-25-34(30)40(31)32)26-20-22-27(23-21-26)45-38-18-7-5-14-36(38)42-43(45)35-13-4-3-12-33(35)41-37-15-6-8-19-39(37)46-44(41)42/h1-25H. The van der Waals surface area contributed by atoms with Crippen molar-refractivity contribution in [1.82, 2.24) is 4.57 Å². The highest BCUT2D eigenvalue weighted by atomic mass is 16.3. The van der Waals surface area contributed by atoms with E-state index in [-0.39, 0.29) is 0 Å². The third-order valence-electron chi connectivity index (χ3n) is 10.1. The Hall–Kier alpha value is -6.12. The molecule has 2 nitrogen and oxygen atoms in total. The maximum Gasteiger partial charge on any atom is 0.146 e. The summed E-state index contributed by atoms with van der Waals surface area (Å²) in [5.41, 5.74) is 13.1. The molecule has 2 aromatic heterocycles. The van der Waals surface area contributed by atoms with Gasteiger partial charge in [0.25, 0.3) is 0 Å². The van der Waals surface area contributed by atoms with Crippen LogP contribution < -0.4 is 0 Å². The highest BCUT2D eigenvalue weighted by Crippen LogP contribution is 2.50. The molecule has 2 heterocycles. The van der Waals surface area contributed by atoms with Crippen molar-refractivity contribution in [2.45, 2.75) is 0 Å². The van der Waals surface area contributed by atoms with Crippen LogP contribution >= 0.6 is 0 Å². The summed E-state index contributed by atoms with van der Waals surface area (Å²) in [6, 6.07) is 55.1. The van der Waals surface area contributed by atoms with E-state index < -0.39 is 0 Å². The van der Waals surface area contributed by atoms with E-state index in [1.807, 2.05) is 0 Å². The largest absolute Gasteiger partial charge is 0.455 e. The van der Waals surface area contributed by atoms with Gasteiger partial charge in [-0.1, -0.05) is 127 Å². The van der Waals surface area contributed by atoms with Gasteiger partial charge < -0.3 is 8.98 Å². The zero-order valence-corrected chi connectivity index (χ0v) is 24.8. The molecule has 0 amide bonds. The summed E-state index contributed by atoms with van der Waals surface area (Å²) in [7, 11) is 0. The molecule has 212 valence electrons. The van der Waals surface area contributed by atoms with Crippen molar-refractivity contribution >= 4 is 65.3 Å². The first-order valence-electron chi connectivity index (χ1n) is 15.9. The second-order valence-electron chi connectivity index (χ2n) is 12.4. The number of para-hydroxylation sites is 2. The van der Waals surface area contributed by atoms with Gasteiger partial charge in [-0.05, 0) is 73.8 Å². The highest BCUT2D eigenvalue weighted by Gasteiger charge is 2.24. The minimum atomic E-state index is 0.921. The zero-order chi connectivity index (χ0) is 29.9. The van der Waals surface area contributed by atoms with Crippen molar-refractivity contribution in [2.75, 3.05) is 0 Å². The fourth-order valence-corrected chi connectivity index (χ4v) is 8.24. The molecule has 0 fully saturated rings. The lowest BCUT2D eigenvalue weighted by atomic mass is 9.94. The molecule has 8 aromatic carbocycles. The van der Waals surface area contributed by atoms with Gasteiger partial charge in [0.15, 0.2) is 0 Å².